The first-order valence-corrected chi connectivity index (χ1v) is 13.7. The quantitative estimate of drug-likeness (QED) is 0.225. The van der Waals surface area contributed by atoms with Crippen molar-refractivity contribution in [3.63, 3.8) is 0 Å². The van der Waals surface area contributed by atoms with Gasteiger partial charge in [-0.3, -0.25) is 0 Å². The summed E-state index contributed by atoms with van der Waals surface area (Å²) in [5.41, 5.74) is 7.40. The summed E-state index contributed by atoms with van der Waals surface area (Å²) in [4.78, 5) is 0. The van der Waals surface area contributed by atoms with Gasteiger partial charge in [-0.2, -0.15) is 0 Å². The number of fused-ring (bicyclic) bond motifs is 4. The van der Waals surface area contributed by atoms with E-state index in [0.29, 0.717) is 0 Å². The minimum Gasteiger partial charge on any atom is -0.336 e. The highest BCUT2D eigenvalue weighted by Gasteiger charge is 2.12. The minimum atomic E-state index is 0.785. The lowest BCUT2D eigenvalue weighted by molar-refractivity contribution is 0.921. The lowest BCUT2D eigenvalue weighted by atomic mass is 10.1. The number of nitrogens with zero attached hydrogens (tertiary/aromatic N) is 2. The van der Waals surface area contributed by atoms with Crippen molar-refractivity contribution in [3.05, 3.63) is 138 Å². The lowest BCUT2D eigenvalue weighted by Gasteiger charge is -2.10. The summed E-state index contributed by atoms with van der Waals surface area (Å²) in [6.45, 7) is 3.01. The molecule has 2 nitrogen and oxygen atoms in total. The molecule has 5 aromatic carbocycles. The molecule has 39 heavy (non-hydrogen) atoms. The van der Waals surface area contributed by atoms with Gasteiger partial charge in [-0.25, -0.2) is 0 Å². The van der Waals surface area contributed by atoms with Crippen LogP contribution in [0.15, 0.2) is 127 Å². The van der Waals surface area contributed by atoms with Crippen molar-refractivity contribution < 1.29 is 0 Å². The van der Waals surface area contributed by atoms with Crippen LogP contribution >= 0.6 is 0 Å². The van der Waals surface area contributed by atoms with Gasteiger partial charge >= 0.3 is 0 Å². The molecule has 0 spiro atoms. The summed E-state index contributed by atoms with van der Waals surface area (Å²) in [6.07, 6.45) is 5.77. The Morgan fingerprint density at radius 1 is 0.538 bits per heavy atom. The number of hydrogen-bond acceptors (Lipinski definition) is 0. The molecule has 2 aromatic heterocycles. The molecular formula is C37H30N2. The van der Waals surface area contributed by atoms with Crippen LogP contribution in [0, 0.1) is 0 Å². The third kappa shape index (κ3) is 3.97. The van der Waals surface area contributed by atoms with Crippen LogP contribution in [0.2, 0.25) is 0 Å². The molecule has 0 aliphatic rings. The second-order valence-electron chi connectivity index (χ2n) is 10.0. The number of para-hydroxylation sites is 3. The predicted molar refractivity (Wildman–Crippen MR) is 167 cm³/mol. The Morgan fingerprint density at radius 3 is 1.82 bits per heavy atom. The summed E-state index contributed by atoms with van der Waals surface area (Å²) in [6, 6.07) is 45.8. The first kappa shape index (κ1) is 23.3. The molecular weight excluding hydrogens is 472 g/mol. The number of benzene rings is 5. The van der Waals surface area contributed by atoms with E-state index in [1.54, 1.807) is 0 Å². The first-order chi connectivity index (χ1) is 19.3. The van der Waals surface area contributed by atoms with Gasteiger partial charge in [0.05, 0.1) is 10.9 Å². The van der Waals surface area contributed by atoms with Gasteiger partial charge in [0.1, 0.15) is 0 Å². The summed E-state index contributed by atoms with van der Waals surface area (Å²) < 4.78 is 4.89. The summed E-state index contributed by atoms with van der Waals surface area (Å²) in [5, 5.41) is 6.44. The van der Waals surface area contributed by atoms with Crippen LogP contribution in [0.25, 0.3) is 61.7 Å². The molecule has 0 unspecified atom stereocenters. The lowest BCUT2D eigenvalue weighted by Crippen LogP contribution is -2.29. The monoisotopic (exact) mass is 502 g/mol. The van der Waals surface area contributed by atoms with Crippen molar-refractivity contribution in [1.82, 2.24) is 9.13 Å². The molecule has 0 amide bonds. The molecule has 0 radical (unpaired) electrons. The fourth-order valence-electron chi connectivity index (χ4n) is 6.02. The second kappa shape index (κ2) is 9.81. The van der Waals surface area contributed by atoms with Gasteiger partial charge in [0, 0.05) is 44.6 Å². The molecule has 0 atom stereocenters. The molecule has 2 heteroatoms. The van der Waals surface area contributed by atoms with Crippen molar-refractivity contribution in [2.45, 2.75) is 19.9 Å². The average Bonchev–Trinajstić information content (AvgIpc) is 3.49. The van der Waals surface area contributed by atoms with Crippen LogP contribution < -0.4 is 10.6 Å². The Morgan fingerprint density at radius 2 is 1.13 bits per heavy atom. The molecule has 0 N–H and O–H groups in total. The van der Waals surface area contributed by atoms with Crippen molar-refractivity contribution in [1.29, 1.82) is 0 Å². The van der Waals surface area contributed by atoms with Crippen LogP contribution in [0.1, 0.15) is 13.3 Å². The first-order valence-electron chi connectivity index (χ1n) is 13.7. The van der Waals surface area contributed by atoms with Gasteiger partial charge in [0.25, 0.3) is 0 Å². The average molecular weight is 503 g/mol. The Balaban J connectivity index is 1.50. The molecule has 0 saturated carbocycles. The van der Waals surface area contributed by atoms with E-state index in [-0.39, 0.29) is 0 Å². The smallest absolute Gasteiger partial charge is 0.0540 e. The highest BCUT2D eigenvalue weighted by atomic mass is 15.0. The van der Waals surface area contributed by atoms with Crippen LogP contribution in [0.5, 0.6) is 0 Å². The van der Waals surface area contributed by atoms with Crippen LogP contribution in [0.3, 0.4) is 0 Å². The zero-order valence-electron chi connectivity index (χ0n) is 22.1. The van der Waals surface area contributed by atoms with E-state index in [4.69, 9.17) is 0 Å². The van der Waals surface area contributed by atoms with E-state index < -0.39 is 0 Å². The summed E-state index contributed by atoms with van der Waals surface area (Å²) >= 11 is 0. The highest BCUT2D eigenvalue weighted by molar-refractivity contribution is 6.08. The zero-order chi connectivity index (χ0) is 26.2. The van der Waals surface area contributed by atoms with Gasteiger partial charge in [0.2, 0.25) is 0 Å². The predicted octanol–water partition coefficient (Wildman–Crippen LogP) is 8.08. The van der Waals surface area contributed by atoms with Crippen LogP contribution in [-0.4, -0.2) is 9.13 Å². The highest BCUT2D eigenvalue weighted by Crippen LogP contribution is 2.29. The Bertz CT molecular complexity index is 2020. The number of aromatic nitrogens is 2. The largest absolute Gasteiger partial charge is 0.336 e. The van der Waals surface area contributed by atoms with Gasteiger partial charge in [-0.1, -0.05) is 110 Å². The molecule has 7 rings (SSSR count). The van der Waals surface area contributed by atoms with E-state index in [9.17, 15) is 0 Å². The van der Waals surface area contributed by atoms with E-state index in [1.807, 2.05) is 0 Å². The minimum absolute atomic E-state index is 0.785. The van der Waals surface area contributed by atoms with Crippen molar-refractivity contribution in [3.8, 4) is 16.8 Å². The summed E-state index contributed by atoms with van der Waals surface area (Å²) in [5.74, 6) is 0. The maximum Gasteiger partial charge on any atom is 0.0540 e. The van der Waals surface area contributed by atoms with Gasteiger partial charge in [-0.15, -0.1) is 0 Å². The third-order valence-corrected chi connectivity index (χ3v) is 7.72. The van der Waals surface area contributed by atoms with Gasteiger partial charge in [-0.05, 0) is 54.0 Å². The second-order valence-corrected chi connectivity index (χ2v) is 10.0. The summed E-state index contributed by atoms with van der Waals surface area (Å²) in [7, 11) is 0. The van der Waals surface area contributed by atoms with Gasteiger partial charge in [0.15, 0.2) is 0 Å². The molecule has 2 heterocycles. The molecule has 0 saturated heterocycles. The Labute approximate surface area is 228 Å². The zero-order valence-corrected chi connectivity index (χ0v) is 22.1. The van der Waals surface area contributed by atoms with Gasteiger partial charge < -0.3 is 9.13 Å². The van der Waals surface area contributed by atoms with E-state index >= 15 is 0 Å². The maximum absolute atomic E-state index is 2.45. The van der Waals surface area contributed by atoms with Crippen LogP contribution in [0.4, 0.5) is 0 Å². The molecule has 0 fully saturated rings. The molecule has 0 bridgehead atoms. The van der Waals surface area contributed by atoms with Crippen molar-refractivity contribution in [2.24, 2.45) is 0 Å². The van der Waals surface area contributed by atoms with E-state index in [0.717, 1.165) is 13.0 Å². The van der Waals surface area contributed by atoms with E-state index in [1.165, 1.54) is 60.1 Å². The number of hydrogen-bond donors (Lipinski definition) is 0. The SMILES string of the molecule is CC/C=c1\c(=C/Cn2c3ccccc3c3ccccc32)n(-c2cccc(-c3ccccc3)c2)c2ccccc12. The molecule has 0 aliphatic heterocycles. The fourth-order valence-corrected chi connectivity index (χ4v) is 6.02. The van der Waals surface area contributed by atoms with Crippen molar-refractivity contribution in [2.75, 3.05) is 0 Å². The van der Waals surface area contributed by atoms with Crippen molar-refractivity contribution >= 4 is 44.9 Å². The molecule has 7 aromatic rings. The fraction of sp³-hybridized carbons (Fsp3) is 0.0811. The maximum atomic E-state index is 2.45. The topological polar surface area (TPSA) is 9.86 Å². The number of rotatable bonds is 5. The Hall–Kier alpha value is -4.82. The third-order valence-electron chi connectivity index (χ3n) is 7.72. The molecule has 0 aliphatic carbocycles. The molecule has 188 valence electrons. The van der Waals surface area contributed by atoms with Crippen LogP contribution in [-0.2, 0) is 6.54 Å². The Kier molecular flexibility index (Phi) is 5.86. The normalized spacial score (nSPS) is 12.7. The van der Waals surface area contributed by atoms with E-state index in [2.05, 4.69) is 156 Å². The standard InChI is InChI=1S/C37H30N2/c1-2-13-30-33-20-8-11-23-36(33)39(29-17-12-16-28(26-29)27-14-4-3-5-15-27)37(30)24-25-38-34-21-9-6-18-31(34)32-19-7-10-22-35(32)38/h3-24,26H,2,25H2,1H3/b30-13-,37-24+.